The topological polar surface area (TPSA) is 30.0 Å². The summed E-state index contributed by atoms with van der Waals surface area (Å²) in [5.41, 5.74) is 0.801. The molecule has 0 amide bonds. The molecule has 4 nitrogen and oxygen atoms in total. The first-order valence-corrected chi connectivity index (χ1v) is 10.2. The average Bonchev–Trinajstić information content (AvgIpc) is 2.65. The fraction of sp³-hybridized carbons (Fsp3) is 0.714. The number of piperidine rings is 1. The fourth-order valence-corrected chi connectivity index (χ4v) is 4.59. The van der Waals surface area contributed by atoms with E-state index in [2.05, 4.69) is 28.5 Å². The molecule has 1 N–H and O–H groups in total. The Labute approximate surface area is 161 Å². The molecule has 3 rings (SSSR count). The average molecular weight is 382 g/mol. The molecule has 1 aromatic rings. The molecule has 0 saturated carbocycles. The molecule has 0 radical (unpaired) electrons. The number of halogens is 2. The van der Waals surface area contributed by atoms with Gasteiger partial charge >= 0.3 is 0 Å². The Hall–Kier alpha value is -1.08. The lowest BCUT2D eigenvalue weighted by Gasteiger charge is -2.48. The van der Waals surface area contributed by atoms with Crippen molar-refractivity contribution in [2.24, 2.45) is 0 Å². The number of likely N-dealkylation sites (tertiary alicyclic amines) is 1. The monoisotopic (exact) mass is 381 g/mol. The highest BCUT2D eigenvalue weighted by Gasteiger charge is 2.33. The molecule has 152 valence electrons. The molecule has 2 aliphatic rings. The van der Waals surface area contributed by atoms with Crippen LogP contribution in [0.3, 0.4) is 0 Å². The van der Waals surface area contributed by atoms with Crippen molar-refractivity contribution in [1.82, 2.24) is 14.7 Å². The Balaban J connectivity index is 1.59. The summed E-state index contributed by atoms with van der Waals surface area (Å²) < 4.78 is 26.6. The normalized spacial score (nSPS) is 24.0. The van der Waals surface area contributed by atoms with Crippen LogP contribution in [-0.2, 0) is 6.54 Å². The summed E-state index contributed by atoms with van der Waals surface area (Å²) in [6, 6.07) is 5.67. The van der Waals surface area contributed by atoms with Crippen LogP contribution in [0.4, 0.5) is 8.78 Å². The largest absolute Gasteiger partial charge is 0.396 e. The van der Waals surface area contributed by atoms with Gasteiger partial charge in [-0.2, -0.15) is 0 Å². The fourth-order valence-electron chi connectivity index (χ4n) is 4.59. The number of nitrogens with zero attached hydrogens (tertiary/aromatic N) is 3. The number of hydrogen-bond acceptors (Lipinski definition) is 4. The first-order chi connectivity index (χ1) is 13.0. The summed E-state index contributed by atoms with van der Waals surface area (Å²) in [6.07, 6.45) is 3.13. The predicted molar refractivity (Wildman–Crippen MR) is 104 cm³/mol. The smallest absolute Gasteiger partial charge is 0.159 e. The molecule has 1 atom stereocenters. The van der Waals surface area contributed by atoms with E-state index in [0.29, 0.717) is 24.7 Å². The summed E-state index contributed by atoms with van der Waals surface area (Å²) in [6.45, 7) is 10.4. The maximum absolute atomic E-state index is 13.5. The van der Waals surface area contributed by atoms with Crippen LogP contribution in [0.5, 0.6) is 0 Å². The minimum absolute atomic E-state index is 0.186. The van der Waals surface area contributed by atoms with Crippen molar-refractivity contribution in [3.8, 4) is 0 Å². The van der Waals surface area contributed by atoms with Crippen LogP contribution in [-0.4, -0.2) is 77.3 Å². The zero-order valence-electron chi connectivity index (χ0n) is 16.6. The van der Waals surface area contributed by atoms with Crippen molar-refractivity contribution in [1.29, 1.82) is 0 Å². The molecule has 27 heavy (non-hydrogen) atoms. The minimum Gasteiger partial charge on any atom is -0.396 e. The van der Waals surface area contributed by atoms with E-state index < -0.39 is 11.6 Å². The summed E-state index contributed by atoms with van der Waals surface area (Å²) in [5, 5.41) is 9.55. The molecule has 0 aliphatic carbocycles. The van der Waals surface area contributed by atoms with Gasteiger partial charge in [0.1, 0.15) is 0 Å². The van der Waals surface area contributed by atoms with Crippen LogP contribution in [0.25, 0.3) is 0 Å². The van der Waals surface area contributed by atoms with Gasteiger partial charge < -0.3 is 10.0 Å². The van der Waals surface area contributed by atoms with Crippen molar-refractivity contribution < 1.29 is 13.9 Å². The third-order valence-corrected chi connectivity index (χ3v) is 6.16. The van der Waals surface area contributed by atoms with Crippen LogP contribution in [0.2, 0.25) is 0 Å². The molecule has 2 heterocycles. The quantitative estimate of drug-likeness (QED) is 0.821. The number of aliphatic hydroxyl groups is 1. The molecule has 2 saturated heterocycles. The van der Waals surface area contributed by atoms with E-state index in [0.717, 1.165) is 44.7 Å². The van der Waals surface area contributed by atoms with Crippen LogP contribution < -0.4 is 0 Å². The van der Waals surface area contributed by atoms with Gasteiger partial charge in [0.15, 0.2) is 11.6 Å². The second kappa shape index (κ2) is 9.41. The van der Waals surface area contributed by atoms with Gasteiger partial charge in [0.2, 0.25) is 0 Å². The lowest BCUT2D eigenvalue weighted by molar-refractivity contribution is -0.0000541. The van der Waals surface area contributed by atoms with Crippen LogP contribution in [0.15, 0.2) is 18.2 Å². The Kier molecular flexibility index (Phi) is 7.20. The van der Waals surface area contributed by atoms with E-state index in [1.165, 1.54) is 25.0 Å². The summed E-state index contributed by atoms with van der Waals surface area (Å²) >= 11 is 0. The van der Waals surface area contributed by atoms with E-state index in [1.807, 2.05) is 0 Å². The van der Waals surface area contributed by atoms with Crippen LogP contribution in [0, 0.1) is 11.6 Å². The van der Waals surface area contributed by atoms with Gasteiger partial charge in [0, 0.05) is 50.9 Å². The molecule has 0 unspecified atom stereocenters. The van der Waals surface area contributed by atoms with E-state index >= 15 is 0 Å². The van der Waals surface area contributed by atoms with Gasteiger partial charge in [-0.1, -0.05) is 6.07 Å². The zero-order valence-corrected chi connectivity index (χ0v) is 16.6. The van der Waals surface area contributed by atoms with E-state index in [-0.39, 0.29) is 6.61 Å². The Morgan fingerprint density at radius 3 is 2.44 bits per heavy atom. The third-order valence-electron chi connectivity index (χ3n) is 6.16. The zero-order chi connectivity index (χ0) is 19.4. The maximum atomic E-state index is 13.5. The standard InChI is InChI=1S/C21H33F2N3O/c1-16(2)25-8-5-18(6-9-25)26-11-10-24(15-19(26)7-12-27)14-17-3-4-20(22)21(23)13-17/h3-4,13,16,18-19,27H,5-12,14-15H2,1-2H3/t19-/m1/s1. The van der Waals surface area contributed by atoms with Crippen molar-refractivity contribution in [2.45, 2.75) is 57.8 Å². The molecule has 2 aliphatic heterocycles. The van der Waals surface area contributed by atoms with E-state index in [4.69, 9.17) is 0 Å². The first-order valence-electron chi connectivity index (χ1n) is 10.2. The molecule has 0 bridgehead atoms. The second-order valence-electron chi connectivity index (χ2n) is 8.25. The van der Waals surface area contributed by atoms with Gasteiger partial charge in [0.25, 0.3) is 0 Å². The SMILES string of the molecule is CC(C)N1CCC(N2CCN(Cc3ccc(F)c(F)c3)C[C@H]2CCO)CC1. The minimum atomic E-state index is -0.797. The highest BCUT2D eigenvalue weighted by molar-refractivity contribution is 5.17. The van der Waals surface area contributed by atoms with Gasteiger partial charge in [-0.05, 0) is 63.9 Å². The number of benzene rings is 1. The number of rotatable bonds is 6. The van der Waals surface area contributed by atoms with Gasteiger partial charge in [-0.15, -0.1) is 0 Å². The Bertz CT molecular complexity index is 605. The highest BCUT2D eigenvalue weighted by atomic mass is 19.2. The summed E-state index contributed by atoms with van der Waals surface area (Å²) in [5.74, 6) is -1.58. The van der Waals surface area contributed by atoms with E-state index in [1.54, 1.807) is 6.07 Å². The molecule has 6 heteroatoms. The molecule has 0 aromatic heterocycles. The Morgan fingerprint density at radius 1 is 1.07 bits per heavy atom. The molecular formula is C21H33F2N3O. The second-order valence-corrected chi connectivity index (χ2v) is 8.25. The predicted octanol–water partition coefficient (Wildman–Crippen LogP) is 2.71. The van der Waals surface area contributed by atoms with Crippen molar-refractivity contribution in [3.05, 3.63) is 35.4 Å². The first kappa shape index (κ1) is 20.6. The van der Waals surface area contributed by atoms with Gasteiger partial charge in [-0.25, -0.2) is 8.78 Å². The maximum Gasteiger partial charge on any atom is 0.159 e. The van der Waals surface area contributed by atoms with Gasteiger partial charge in [0.05, 0.1) is 0 Å². The highest BCUT2D eigenvalue weighted by Crippen LogP contribution is 2.25. The van der Waals surface area contributed by atoms with Crippen LogP contribution >= 0.6 is 0 Å². The number of piperazine rings is 1. The van der Waals surface area contributed by atoms with E-state index in [9.17, 15) is 13.9 Å². The number of hydrogen-bond donors (Lipinski definition) is 1. The summed E-state index contributed by atoms with van der Waals surface area (Å²) in [4.78, 5) is 7.43. The lowest BCUT2D eigenvalue weighted by atomic mass is 9.97. The number of aliphatic hydroxyl groups excluding tert-OH is 1. The molecule has 2 fully saturated rings. The molecule has 1 aromatic carbocycles. The molecule has 0 spiro atoms. The third kappa shape index (κ3) is 5.25. The Morgan fingerprint density at radius 2 is 1.81 bits per heavy atom. The summed E-state index contributed by atoms with van der Waals surface area (Å²) in [7, 11) is 0. The van der Waals surface area contributed by atoms with Crippen molar-refractivity contribution in [3.63, 3.8) is 0 Å². The lowest BCUT2D eigenvalue weighted by Crippen LogP contribution is -2.58. The van der Waals surface area contributed by atoms with Gasteiger partial charge in [-0.3, -0.25) is 9.80 Å². The molecular weight excluding hydrogens is 348 g/mol. The van der Waals surface area contributed by atoms with Crippen molar-refractivity contribution in [2.75, 3.05) is 39.3 Å². The van der Waals surface area contributed by atoms with Crippen LogP contribution in [0.1, 0.15) is 38.7 Å². The van der Waals surface area contributed by atoms with Crippen molar-refractivity contribution >= 4 is 0 Å².